The Morgan fingerprint density at radius 1 is 1.43 bits per heavy atom. The number of carbonyl (C=O) groups is 2. The molecule has 21 heavy (non-hydrogen) atoms. The molecule has 0 radical (unpaired) electrons. The van der Waals surface area contributed by atoms with Gasteiger partial charge in [0.15, 0.2) is 6.61 Å². The molecule has 8 nitrogen and oxygen atoms in total. The molecule has 2 rings (SSSR count). The third-order valence-electron chi connectivity index (χ3n) is 2.90. The number of rotatable bonds is 5. The number of carboxylic acid groups (broad SMARTS) is 1. The van der Waals surface area contributed by atoms with Gasteiger partial charge in [0.2, 0.25) is 0 Å². The van der Waals surface area contributed by atoms with Gasteiger partial charge in [-0.25, -0.2) is 4.79 Å². The predicted octanol–water partition coefficient (Wildman–Crippen LogP) is 0.960. The number of ether oxygens (including phenoxy) is 1. The van der Waals surface area contributed by atoms with Crippen LogP contribution in [-0.4, -0.2) is 51.1 Å². The van der Waals surface area contributed by atoms with Crippen LogP contribution in [0.4, 0.5) is 5.69 Å². The van der Waals surface area contributed by atoms with Gasteiger partial charge in [-0.05, 0) is 12.1 Å². The van der Waals surface area contributed by atoms with E-state index in [1.165, 1.54) is 40.9 Å². The second-order valence-corrected chi connectivity index (χ2v) is 5.26. The van der Waals surface area contributed by atoms with Crippen LogP contribution < -0.4 is 4.74 Å². The van der Waals surface area contributed by atoms with Crippen molar-refractivity contribution in [2.24, 2.45) is 0 Å². The highest BCUT2D eigenvalue weighted by molar-refractivity contribution is 7.99. The van der Waals surface area contributed by atoms with E-state index in [1.54, 1.807) is 0 Å². The van der Waals surface area contributed by atoms with Crippen LogP contribution >= 0.6 is 11.8 Å². The Morgan fingerprint density at radius 3 is 2.67 bits per heavy atom. The van der Waals surface area contributed by atoms with Crippen molar-refractivity contribution in [1.29, 1.82) is 0 Å². The van der Waals surface area contributed by atoms with E-state index in [4.69, 9.17) is 9.84 Å². The van der Waals surface area contributed by atoms with E-state index in [-0.39, 0.29) is 12.3 Å². The zero-order chi connectivity index (χ0) is 15.4. The number of hydrogen-bond acceptors (Lipinski definition) is 6. The number of carboxylic acids is 1. The molecule has 0 bridgehead atoms. The van der Waals surface area contributed by atoms with Crippen LogP contribution in [0.5, 0.6) is 5.75 Å². The maximum atomic E-state index is 11.9. The van der Waals surface area contributed by atoms with Crippen molar-refractivity contribution in [2.75, 3.05) is 18.2 Å². The average Bonchev–Trinajstić information content (AvgIpc) is 2.95. The summed E-state index contributed by atoms with van der Waals surface area (Å²) in [5.74, 6) is -0.472. The number of thioether (sulfide) groups is 1. The molecule has 112 valence electrons. The normalized spacial score (nSPS) is 17.5. The average molecular weight is 312 g/mol. The molecule has 1 atom stereocenters. The summed E-state index contributed by atoms with van der Waals surface area (Å²) in [5, 5.41) is 19.5. The molecule has 1 aromatic carbocycles. The first-order chi connectivity index (χ1) is 9.99. The van der Waals surface area contributed by atoms with Crippen molar-refractivity contribution in [2.45, 2.75) is 6.04 Å². The van der Waals surface area contributed by atoms with Crippen molar-refractivity contribution >= 4 is 29.3 Å². The molecule has 0 aliphatic carbocycles. The van der Waals surface area contributed by atoms with Gasteiger partial charge in [-0.2, -0.15) is 0 Å². The van der Waals surface area contributed by atoms with Gasteiger partial charge in [-0.3, -0.25) is 14.9 Å². The van der Waals surface area contributed by atoms with E-state index in [0.717, 1.165) is 0 Å². The second-order valence-electron chi connectivity index (χ2n) is 4.26. The Morgan fingerprint density at radius 2 is 2.10 bits per heavy atom. The fraction of sp³-hybridized carbons (Fsp3) is 0.333. The summed E-state index contributed by atoms with van der Waals surface area (Å²) in [4.78, 5) is 34.1. The van der Waals surface area contributed by atoms with E-state index >= 15 is 0 Å². The first-order valence-electron chi connectivity index (χ1n) is 5.96. The van der Waals surface area contributed by atoms with Gasteiger partial charge in [0.1, 0.15) is 11.8 Å². The molecular weight excluding hydrogens is 300 g/mol. The SMILES string of the molecule is O=C(O)[C@@H]1CSCN1C(=O)COc1ccc([N+](=O)[O-])cc1. The Balaban J connectivity index is 1.91. The topological polar surface area (TPSA) is 110 Å². The minimum atomic E-state index is -1.04. The summed E-state index contributed by atoms with van der Waals surface area (Å²) in [6.07, 6.45) is 0. The number of amides is 1. The van der Waals surface area contributed by atoms with Gasteiger partial charge in [-0.15, -0.1) is 11.8 Å². The lowest BCUT2D eigenvalue weighted by molar-refractivity contribution is -0.384. The number of nitro benzene ring substituents is 1. The minimum Gasteiger partial charge on any atom is -0.484 e. The first-order valence-corrected chi connectivity index (χ1v) is 7.12. The van der Waals surface area contributed by atoms with Crippen molar-refractivity contribution < 1.29 is 24.4 Å². The van der Waals surface area contributed by atoms with Gasteiger partial charge in [0.25, 0.3) is 11.6 Å². The zero-order valence-corrected chi connectivity index (χ0v) is 11.6. The summed E-state index contributed by atoms with van der Waals surface area (Å²) in [5.41, 5.74) is -0.0736. The summed E-state index contributed by atoms with van der Waals surface area (Å²) in [7, 11) is 0. The molecule has 1 heterocycles. The first kappa shape index (κ1) is 15.1. The lowest BCUT2D eigenvalue weighted by atomic mass is 10.3. The molecule has 9 heteroatoms. The van der Waals surface area contributed by atoms with Gasteiger partial charge in [-0.1, -0.05) is 0 Å². The van der Waals surface area contributed by atoms with Crippen molar-refractivity contribution in [1.82, 2.24) is 4.90 Å². The fourth-order valence-corrected chi connectivity index (χ4v) is 2.96. The molecule has 0 aromatic heterocycles. The molecule has 1 amide bonds. The number of hydrogen-bond donors (Lipinski definition) is 1. The highest BCUT2D eigenvalue weighted by atomic mass is 32.2. The largest absolute Gasteiger partial charge is 0.484 e. The molecule has 0 unspecified atom stereocenters. The smallest absolute Gasteiger partial charge is 0.327 e. The van der Waals surface area contributed by atoms with Crippen LogP contribution in [0.25, 0.3) is 0 Å². The Labute approximate surface area is 123 Å². The maximum Gasteiger partial charge on any atom is 0.327 e. The summed E-state index contributed by atoms with van der Waals surface area (Å²) in [6.45, 7) is -0.303. The summed E-state index contributed by atoms with van der Waals surface area (Å²) in [6, 6.07) is 4.48. The molecule has 1 aliphatic rings. The predicted molar refractivity (Wildman–Crippen MR) is 74.2 cm³/mol. The molecule has 1 saturated heterocycles. The van der Waals surface area contributed by atoms with Crippen LogP contribution in [0.3, 0.4) is 0 Å². The lowest BCUT2D eigenvalue weighted by Crippen LogP contribution is -2.43. The molecular formula is C12H12N2O6S. The third-order valence-corrected chi connectivity index (χ3v) is 3.91. The molecule has 0 saturated carbocycles. The number of carbonyl (C=O) groups excluding carboxylic acids is 1. The number of aliphatic carboxylic acids is 1. The van der Waals surface area contributed by atoms with Gasteiger partial charge < -0.3 is 14.7 Å². The molecule has 1 fully saturated rings. The van der Waals surface area contributed by atoms with Crippen LogP contribution in [0.2, 0.25) is 0 Å². The zero-order valence-electron chi connectivity index (χ0n) is 10.8. The highest BCUT2D eigenvalue weighted by Gasteiger charge is 2.34. The van der Waals surface area contributed by atoms with Gasteiger partial charge >= 0.3 is 5.97 Å². The maximum absolute atomic E-state index is 11.9. The van der Waals surface area contributed by atoms with E-state index in [2.05, 4.69) is 0 Å². The van der Waals surface area contributed by atoms with Crippen molar-refractivity contribution in [3.05, 3.63) is 34.4 Å². The van der Waals surface area contributed by atoms with Crippen molar-refractivity contribution in [3.8, 4) is 5.75 Å². The monoisotopic (exact) mass is 312 g/mol. The molecule has 1 aromatic rings. The lowest BCUT2D eigenvalue weighted by Gasteiger charge is -2.20. The number of nitrogens with zero attached hydrogens (tertiary/aromatic N) is 2. The Hall–Kier alpha value is -2.29. The number of nitro groups is 1. The number of non-ortho nitro benzene ring substituents is 1. The summed E-state index contributed by atoms with van der Waals surface area (Å²) < 4.78 is 5.23. The minimum absolute atomic E-state index is 0.0736. The van der Waals surface area contributed by atoms with Crippen LogP contribution in [0.1, 0.15) is 0 Å². The van der Waals surface area contributed by atoms with Crippen molar-refractivity contribution in [3.63, 3.8) is 0 Å². The van der Waals surface area contributed by atoms with Crippen LogP contribution in [0.15, 0.2) is 24.3 Å². The highest BCUT2D eigenvalue weighted by Crippen LogP contribution is 2.22. The molecule has 0 spiro atoms. The Kier molecular flexibility index (Phi) is 4.63. The van der Waals surface area contributed by atoms with Gasteiger partial charge in [0, 0.05) is 17.9 Å². The van der Waals surface area contributed by atoms with Crippen LogP contribution in [0, 0.1) is 10.1 Å². The van der Waals surface area contributed by atoms with E-state index < -0.39 is 22.8 Å². The number of benzene rings is 1. The second kappa shape index (κ2) is 6.44. The summed E-state index contributed by atoms with van der Waals surface area (Å²) >= 11 is 1.37. The van der Waals surface area contributed by atoms with E-state index in [1.807, 2.05) is 0 Å². The van der Waals surface area contributed by atoms with Gasteiger partial charge in [0.05, 0.1) is 10.8 Å². The van der Waals surface area contributed by atoms with Crippen LogP contribution in [-0.2, 0) is 9.59 Å². The van der Waals surface area contributed by atoms with E-state index in [0.29, 0.717) is 17.4 Å². The third kappa shape index (κ3) is 3.63. The Bertz CT molecular complexity index is 561. The molecule has 1 N–H and O–H groups in total. The quantitative estimate of drug-likeness (QED) is 0.637. The molecule has 1 aliphatic heterocycles. The standard InChI is InChI=1S/C12H12N2O6S/c15-11(13-7-21-6-10(13)12(16)17)5-20-9-3-1-8(2-4-9)14(18)19/h1-4,10H,5-7H2,(H,16,17)/t10-/m0/s1. The van der Waals surface area contributed by atoms with E-state index in [9.17, 15) is 19.7 Å². The fourth-order valence-electron chi connectivity index (χ4n) is 1.79.